The van der Waals surface area contributed by atoms with Gasteiger partial charge in [-0.2, -0.15) is 0 Å². The minimum absolute atomic E-state index is 0.835. The summed E-state index contributed by atoms with van der Waals surface area (Å²) in [6.07, 6.45) is 5.63. The predicted octanol–water partition coefficient (Wildman–Crippen LogP) is 4.25. The lowest BCUT2D eigenvalue weighted by molar-refractivity contribution is 0.911. The first-order chi connectivity index (χ1) is 9.22. The van der Waals surface area contributed by atoms with Crippen LogP contribution in [0.25, 0.3) is 0 Å². The normalized spacial score (nSPS) is 13.4. The van der Waals surface area contributed by atoms with Gasteiger partial charge in [0.1, 0.15) is 5.82 Å². The number of anilines is 1. The summed E-state index contributed by atoms with van der Waals surface area (Å²) in [4.78, 5) is 4.37. The van der Waals surface area contributed by atoms with Crippen molar-refractivity contribution in [3.05, 3.63) is 57.2 Å². The van der Waals surface area contributed by atoms with Crippen LogP contribution in [0.15, 0.2) is 34.9 Å². The van der Waals surface area contributed by atoms with E-state index in [1.165, 1.54) is 41.5 Å². The molecule has 0 unspecified atom stereocenters. The van der Waals surface area contributed by atoms with E-state index in [1.54, 1.807) is 0 Å². The molecule has 1 aromatic heterocycles. The highest BCUT2D eigenvalue weighted by atomic mass is 79.9. The lowest BCUT2D eigenvalue weighted by atomic mass is 10.1. The third-order valence-electron chi connectivity index (χ3n) is 3.68. The first kappa shape index (κ1) is 12.7. The lowest BCUT2D eigenvalue weighted by Gasteiger charge is -2.09. The fourth-order valence-electron chi connectivity index (χ4n) is 2.56. The van der Waals surface area contributed by atoms with Crippen LogP contribution in [0.2, 0.25) is 0 Å². The molecule has 0 atom stereocenters. The van der Waals surface area contributed by atoms with Crippen LogP contribution in [0.4, 0.5) is 5.82 Å². The Kier molecular flexibility index (Phi) is 3.56. The molecule has 0 radical (unpaired) electrons. The van der Waals surface area contributed by atoms with Crippen LogP contribution in [0.3, 0.4) is 0 Å². The molecule has 1 aromatic carbocycles. The van der Waals surface area contributed by atoms with Crippen molar-refractivity contribution >= 4 is 21.7 Å². The van der Waals surface area contributed by atoms with Gasteiger partial charge in [0.2, 0.25) is 0 Å². The Morgan fingerprint density at radius 3 is 2.89 bits per heavy atom. The zero-order valence-corrected chi connectivity index (χ0v) is 12.6. The molecule has 1 heterocycles. The molecule has 1 aliphatic rings. The topological polar surface area (TPSA) is 24.9 Å². The Hall–Kier alpha value is -1.35. The monoisotopic (exact) mass is 316 g/mol. The zero-order valence-electron chi connectivity index (χ0n) is 11.0. The van der Waals surface area contributed by atoms with E-state index >= 15 is 0 Å². The Bertz CT molecular complexity index is 608. The van der Waals surface area contributed by atoms with Crippen molar-refractivity contribution in [2.45, 2.75) is 32.7 Å². The fourth-order valence-corrected chi connectivity index (χ4v) is 2.78. The molecule has 2 aromatic rings. The molecule has 1 N–H and O–H groups in total. The van der Waals surface area contributed by atoms with Crippen LogP contribution < -0.4 is 5.32 Å². The molecule has 0 fully saturated rings. The van der Waals surface area contributed by atoms with Crippen LogP contribution in [0.5, 0.6) is 0 Å². The molecule has 3 rings (SSSR count). The van der Waals surface area contributed by atoms with Crippen molar-refractivity contribution in [3.8, 4) is 0 Å². The maximum Gasteiger partial charge on any atom is 0.126 e. The molecule has 0 spiro atoms. The second-order valence-electron chi connectivity index (χ2n) is 5.13. The van der Waals surface area contributed by atoms with Gasteiger partial charge in [0.05, 0.1) is 0 Å². The summed E-state index contributed by atoms with van der Waals surface area (Å²) in [6, 6.07) is 8.90. The van der Waals surface area contributed by atoms with Crippen molar-refractivity contribution in [2.75, 3.05) is 5.32 Å². The van der Waals surface area contributed by atoms with Crippen molar-refractivity contribution in [1.82, 2.24) is 4.98 Å². The number of fused-ring (bicyclic) bond motifs is 1. The second kappa shape index (κ2) is 5.33. The molecule has 1 aliphatic carbocycles. The number of aryl methyl sites for hydroxylation is 3. The highest BCUT2D eigenvalue weighted by Crippen LogP contribution is 2.23. The van der Waals surface area contributed by atoms with Gasteiger partial charge in [0, 0.05) is 17.2 Å². The number of halogens is 1. The van der Waals surface area contributed by atoms with Crippen LogP contribution in [0, 0.1) is 6.92 Å². The summed E-state index contributed by atoms with van der Waals surface area (Å²) in [5.74, 6) is 0.932. The second-order valence-corrected chi connectivity index (χ2v) is 5.98. The van der Waals surface area contributed by atoms with E-state index in [0.29, 0.717) is 0 Å². The van der Waals surface area contributed by atoms with E-state index in [1.807, 2.05) is 6.20 Å². The highest BCUT2D eigenvalue weighted by Gasteiger charge is 2.10. The van der Waals surface area contributed by atoms with Crippen molar-refractivity contribution in [1.29, 1.82) is 0 Å². The van der Waals surface area contributed by atoms with Gasteiger partial charge < -0.3 is 5.32 Å². The van der Waals surface area contributed by atoms with Crippen LogP contribution in [0.1, 0.15) is 28.7 Å². The lowest BCUT2D eigenvalue weighted by Crippen LogP contribution is -2.02. The smallest absolute Gasteiger partial charge is 0.126 e. The zero-order chi connectivity index (χ0) is 13.2. The molecule has 19 heavy (non-hydrogen) atoms. The molecule has 0 saturated carbocycles. The molecular formula is C16H17BrN2. The number of aromatic nitrogens is 1. The van der Waals surface area contributed by atoms with Gasteiger partial charge in [0.25, 0.3) is 0 Å². The molecule has 98 valence electrons. The molecule has 0 amide bonds. The Morgan fingerprint density at radius 1 is 1.21 bits per heavy atom. The molecular weight excluding hydrogens is 300 g/mol. The predicted molar refractivity (Wildman–Crippen MR) is 82.5 cm³/mol. The van der Waals surface area contributed by atoms with E-state index in [0.717, 1.165) is 16.8 Å². The average Bonchev–Trinajstić information content (AvgIpc) is 2.87. The van der Waals surface area contributed by atoms with Gasteiger partial charge >= 0.3 is 0 Å². The quantitative estimate of drug-likeness (QED) is 0.915. The Labute approximate surface area is 122 Å². The largest absolute Gasteiger partial charge is 0.366 e. The standard InChI is InChI=1S/C16H17BrN2/c1-11-7-16(19-10-15(11)17)18-9-12-5-6-13-3-2-4-14(13)8-12/h5-8,10H,2-4,9H2,1H3,(H,18,19). The third kappa shape index (κ3) is 2.81. The van der Waals surface area contributed by atoms with Crippen molar-refractivity contribution in [3.63, 3.8) is 0 Å². The van der Waals surface area contributed by atoms with E-state index < -0.39 is 0 Å². The molecule has 2 nitrogen and oxygen atoms in total. The van der Waals surface area contributed by atoms with Gasteiger partial charge in [-0.15, -0.1) is 0 Å². The van der Waals surface area contributed by atoms with Gasteiger partial charge in [-0.25, -0.2) is 4.98 Å². The summed E-state index contributed by atoms with van der Waals surface area (Å²) in [7, 11) is 0. The number of rotatable bonds is 3. The fraction of sp³-hybridized carbons (Fsp3) is 0.312. The van der Waals surface area contributed by atoms with E-state index in [2.05, 4.69) is 57.4 Å². The highest BCUT2D eigenvalue weighted by molar-refractivity contribution is 9.10. The summed E-state index contributed by atoms with van der Waals surface area (Å²) in [5, 5.41) is 3.39. The number of nitrogens with one attached hydrogen (secondary N) is 1. The van der Waals surface area contributed by atoms with Gasteiger partial charge in [0.15, 0.2) is 0 Å². The number of pyridine rings is 1. The van der Waals surface area contributed by atoms with Gasteiger partial charge in [-0.05, 0) is 70.4 Å². The van der Waals surface area contributed by atoms with Crippen molar-refractivity contribution in [2.24, 2.45) is 0 Å². The first-order valence-electron chi connectivity index (χ1n) is 6.69. The van der Waals surface area contributed by atoms with E-state index in [9.17, 15) is 0 Å². The Balaban J connectivity index is 1.70. The average molecular weight is 317 g/mol. The third-order valence-corrected chi connectivity index (χ3v) is 4.51. The minimum Gasteiger partial charge on any atom is -0.366 e. The minimum atomic E-state index is 0.835. The summed E-state index contributed by atoms with van der Waals surface area (Å²) in [5.41, 5.74) is 5.59. The number of hydrogen-bond acceptors (Lipinski definition) is 2. The van der Waals surface area contributed by atoms with Crippen LogP contribution in [-0.4, -0.2) is 4.98 Å². The van der Waals surface area contributed by atoms with Crippen LogP contribution >= 0.6 is 15.9 Å². The number of nitrogens with zero attached hydrogens (tertiary/aromatic N) is 1. The molecule has 0 saturated heterocycles. The number of hydrogen-bond donors (Lipinski definition) is 1. The summed E-state index contributed by atoms with van der Waals surface area (Å²) >= 11 is 3.47. The molecule has 3 heteroatoms. The number of benzene rings is 1. The van der Waals surface area contributed by atoms with Gasteiger partial charge in [-0.3, -0.25) is 0 Å². The Morgan fingerprint density at radius 2 is 2.05 bits per heavy atom. The molecule has 0 bridgehead atoms. The first-order valence-corrected chi connectivity index (χ1v) is 7.48. The summed E-state index contributed by atoms with van der Waals surface area (Å²) in [6.45, 7) is 2.91. The SMILES string of the molecule is Cc1cc(NCc2ccc3c(c2)CCC3)ncc1Br. The molecule has 0 aliphatic heterocycles. The van der Waals surface area contributed by atoms with Gasteiger partial charge in [-0.1, -0.05) is 18.2 Å². The van der Waals surface area contributed by atoms with Crippen LogP contribution in [-0.2, 0) is 19.4 Å². The van der Waals surface area contributed by atoms with E-state index in [-0.39, 0.29) is 0 Å². The maximum atomic E-state index is 4.37. The van der Waals surface area contributed by atoms with E-state index in [4.69, 9.17) is 0 Å². The van der Waals surface area contributed by atoms with Crippen molar-refractivity contribution < 1.29 is 0 Å². The maximum absolute atomic E-state index is 4.37. The summed E-state index contributed by atoms with van der Waals surface area (Å²) < 4.78 is 1.05.